The van der Waals surface area contributed by atoms with E-state index in [2.05, 4.69) is 11.8 Å². The molecular weight excluding hydrogens is 196 g/mol. The summed E-state index contributed by atoms with van der Waals surface area (Å²) in [7, 11) is 0. The summed E-state index contributed by atoms with van der Waals surface area (Å²) >= 11 is 0. The third-order valence-electron chi connectivity index (χ3n) is 2.64. The fourth-order valence-corrected chi connectivity index (χ4v) is 1.54. The van der Waals surface area contributed by atoms with Crippen molar-refractivity contribution in [3.8, 4) is 5.75 Å². The Morgan fingerprint density at radius 2 is 2.33 bits per heavy atom. The van der Waals surface area contributed by atoms with Gasteiger partial charge in [0.05, 0.1) is 4.92 Å². The SMILES string of the molecule is CC1CN1Cc1cc([N+](=O)[O-])ccc1O. The van der Waals surface area contributed by atoms with Crippen LogP contribution >= 0.6 is 0 Å². The zero-order valence-corrected chi connectivity index (χ0v) is 8.38. The van der Waals surface area contributed by atoms with E-state index >= 15 is 0 Å². The van der Waals surface area contributed by atoms with Gasteiger partial charge in [-0.3, -0.25) is 15.0 Å². The molecule has 0 radical (unpaired) electrons. The van der Waals surface area contributed by atoms with Gasteiger partial charge in [-0.2, -0.15) is 0 Å². The average Bonchev–Trinajstić information content (AvgIpc) is 2.85. The monoisotopic (exact) mass is 208 g/mol. The molecule has 2 atom stereocenters. The van der Waals surface area contributed by atoms with Crippen LogP contribution in [-0.2, 0) is 6.54 Å². The summed E-state index contributed by atoms with van der Waals surface area (Å²) in [5.41, 5.74) is 0.644. The molecule has 1 aliphatic heterocycles. The van der Waals surface area contributed by atoms with Gasteiger partial charge in [0.2, 0.25) is 0 Å². The van der Waals surface area contributed by atoms with Crippen molar-refractivity contribution < 1.29 is 10.0 Å². The van der Waals surface area contributed by atoms with E-state index in [1.54, 1.807) is 0 Å². The van der Waals surface area contributed by atoms with Gasteiger partial charge in [-0.05, 0) is 13.0 Å². The van der Waals surface area contributed by atoms with E-state index in [9.17, 15) is 15.2 Å². The molecule has 0 bridgehead atoms. The Balaban J connectivity index is 2.20. The second-order valence-corrected chi connectivity index (χ2v) is 3.85. The Labute approximate surface area is 87.1 Å². The molecule has 5 nitrogen and oxygen atoms in total. The van der Waals surface area contributed by atoms with E-state index < -0.39 is 4.92 Å². The maximum absolute atomic E-state index is 10.5. The Bertz CT molecular complexity index is 406. The van der Waals surface area contributed by atoms with Crippen molar-refractivity contribution in [3.63, 3.8) is 0 Å². The molecule has 1 aromatic carbocycles. The van der Waals surface area contributed by atoms with Crippen LogP contribution in [0.4, 0.5) is 5.69 Å². The van der Waals surface area contributed by atoms with Gasteiger partial charge in [-0.1, -0.05) is 0 Å². The van der Waals surface area contributed by atoms with Crippen LogP contribution in [0, 0.1) is 10.1 Å². The van der Waals surface area contributed by atoms with E-state index in [0.717, 1.165) is 6.54 Å². The van der Waals surface area contributed by atoms with Crippen molar-refractivity contribution in [2.24, 2.45) is 0 Å². The summed E-state index contributed by atoms with van der Waals surface area (Å²) in [5.74, 6) is 0.125. The van der Waals surface area contributed by atoms with Gasteiger partial charge in [-0.15, -0.1) is 0 Å². The van der Waals surface area contributed by atoms with Crippen LogP contribution in [0.25, 0.3) is 0 Å². The summed E-state index contributed by atoms with van der Waals surface area (Å²) in [4.78, 5) is 12.2. The van der Waals surface area contributed by atoms with Crippen LogP contribution in [0.2, 0.25) is 0 Å². The first-order chi connectivity index (χ1) is 7.08. The number of hydrogen-bond donors (Lipinski definition) is 1. The molecule has 2 rings (SSSR count). The molecule has 0 aromatic heterocycles. The van der Waals surface area contributed by atoms with Crippen LogP contribution in [0.5, 0.6) is 5.75 Å². The number of phenols is 1. The summed E-state index contributed by atoms with van der Waals surface area (Å²) < 4.78 is 0. The summed E-state index contributed by atoms with van der Waals surface area (Å²) in [6.07, 6.45) is 0. The Morgan fingerprint density at radius 3 is 2.87 bits per heavy atom. The third-order valence-corrected chi connectivity index (χ3v) is 2.64. The van der Waals surface area contributed by atoms with Crippen LogP contribution in [0.1, 0.15) is 12.5 Å². The van der Waals surface area contributed by atoms with Crippen LogP contribution in [0.3, 0.4) is 0 Å². The largest absolute Gasteiger partial charge is 0.508 e. The molecule has 0 spiro atoms. The fourth-order valence-electron chi connectivity index (χ4n) is 1.54. The average molecular weight is 208 g/mol. The smallest absolute Gasteiger partial charge is 0.270 e. The van der Waals surface area contributed by atoms with E-state index in [4.69, 9.17) is 0 Å². The van der Waals surface area contributed by atoms with E-state index in [1.165, 1.54) is 18.2 Å². The minimum absolute atomic E-state index is 0.0253. The summed E-state index contributed by atoms with van der Waals surface area (Å²) in [6.45, 7) is 3.64. The molecule has 15 heavy (non-hydrogen) atoms. The molecule has 1 aromatic rings. The molecule has 1 heterocycles. The number of phenolic OH excluding ortho intramolecular Hbond substituents is 1. The second kappa shape index (κ2) is 3.51. The first-order valence-electron chi connectivity index (χ1n) is 4.78. The molecule has 0 amide bonds. The summed E-state index contributed by atoms with van der Waals surface area (Å²) in [5, 5.41) is 20.1. The highest BCUT2D eigenvalue weighted by molar-refractivity contribution is 5.43. The number of hydrogen-bond acceptors (Lipinski definition) is 4. The second-order valence-electron chi connectivity index (χ2n) is 3.85. The van der Waals surface area contributed by atoms with Gasteiger partial charge in [0, 0.05) is 36.8 Å². The lowest BCUT2D eigenvalue weighted by atomic mass is 10.2. The first-order valence-corrected chi connectivity index (χ1v) is 4.78. The molecule has 0 saturated carbocycles. The predicted molar refractivity (Wildman–Crippen MR) is 54.6 cm³/mol. The number of non-ortho nitro benzene ring substituents is 1. The fraction of sp³-hybridized carbons (Fsp3) is 0.400. The van der Waals surface area contributed by atoms with Gasteiger partial charge in [0.25, 0.3) is 5.69 Å². The minimum atomic E-state index is -0.450. The van der Waals surface area contributed by atoms with Gasteiger partial charge in [0.15, 0.2) is 0 Å². The molecule has 0 aliphatic carbocycles. The first kappa shape index (κ1) is 9.92. The Morgan fingerprint density at radius 1 is 1.67 bits per heavy atom. The van der Waals surface area contributed by atoms with Crippen molar-refractivity contribution >= 4 is 5.69 Å². The molecule has 1 fully saturated rings. The summed E-state index contributed by atoms with van der Waals surface area (Å²) in [6, 6.07) is 4.63. The van der Waals surface area contributed by atoms with E-state index in [1.807, 2.05) is 0 Å². The standard InChI is InChI=1S/C10H12N2O3/c1-7-5-11(7)6-8-4-9(12(14)15)2-3-10(8)13/h2-4,7,13H,5-6H2,1H3. The highest BCUT2D eigenvalue weighted by Gasteiger charge is 2.29. The molecule has 1 saturated heterocycles. The molecule has 1 aliphatic rings. The minimum Gasteiger partial charge on any atom is -0.508 e. The number of nitro groups is 1. The quantitative estimate of drug-likeness (QED) is 0.464. The van der Waals surface area contributed by atoms with Gasteiger partial charge in [-0.25, -0.2) is 0 Å². The van der Waals surface area contributed by atoms with Crippen molar-refractivity contribution in [1.29, 1.82) is 0 Å². The van der Waals surface area contributed by atoms with Crippen molar-refractivity contribution in [2.75, 3.05) is 6.54 Å². The zero-order chi connectivity index (χ0) is 11.0. The number of nitro benzene ring substituents is 1. The maximum Gasteiger partial charge on any atom is 0.270 e. The highest BCUT2D eigenvalue weighted by Crippen LogP contribution is 2.28. The lowest BCUT2D eigenvalue weighted by Crippen LogP contribution is -2.01. The Hall–Kier alpha value is -1.62. The Kier molecular flexibility index (Phi) is 2.32. The number of rotatable bonds is 3. The van der Waals surface area contributed by atoms with Crippen LogP contribution < -0.4 is 0 Å². The lowest BCUT2D eigenvalue weighted by molar-refractivity contribution is -0.384. The van der Waals surface area contributed by atoms with E-state index in [0.29, 0.717) is 18.2 Å². The maximum atomic E-state index is 10.5. The van der Waals surface area contributed by atoms with Crippen molar-refractivity contribution in [1.82, 2.24) is 4.90 Å². The number of benzene rings is 1. The highest BCUT2D eigenvalue weighted by atomic mass is 16.6. The van der Waals surface area contributed by atoms with Gasteiger partial charge >= 0.3 is 0 Å². The van der Waals surface area contributed by atoms with Crippen molar-refractivity contribution in [2.45, 2.75) is 19.5 Å². The zero-order valence-electron chi connectivity index (χ0n) is 8.38. The van der Waals surface area contributed by atoms with Gasteiger partial charge < -0.3 is 5.11 Å². The van der Waals surface area contributed by atoms with Crippen LogP contribution in [-0.4, -0.2) is 27.5 Å². The molecule has 80 valence electrons. The lowest BCUT2D eigenvalue weighted by Gasteiger charge is -2.05. The van der Waals surface area contributed by atoms with E-state index in [-0.39, 0.29) is 11.4 Å². The van der Waals surface area contributed by atoms with Crippen LogP contribution in [0.15, 0.2) is 18.2 Å². The third kappa shape index (κ3) is 2.07. The van der Waals surface area contributed by atoms with Gasteiger partial charge in [0.1, 0.15) is 5.75 Å². The topological polar surface area (TPSA) is 66.4 Å². The molecule has 5 heteroatoms. The molecule has 1 N–H and O–H groups in total. The molecule has 2 unspecified atom stereocenters. The normalized spacial score (nSPS) is 23.8. The van der Waals surface area contributed by atoms with Crippen molar-refractivity contribution in [3.05, 3.63) is 33.9 Å². The predicted octanol–water partition coefficient (Wildman–Crippen LogP) is 1.50. The number of nitrogens with zero attached hydrogens (tertiary/aromatic N) is 2. The molecular formula is C10H12N2O3. The number of aromatic hydroxyl groups is 1.